The maximum atomic E-state index is 12.3. The van der Waals surface area contributed by atoms with E-state index in [0.29, 0.717) is 32.4 Å². The lowest BCUT2D eigenvalue weighted by atomic mass is 10.1. The summed E-state index contributed by atoms with van der Waals surface area (Å²) < 4.78 is 15.4. The third kappa shape index (κ3) is 14.8. The van der Waals surface area contributed by atoms with E-state index in [1.165, 1.54) is 0 Å². The molecule has 0 aromatic rings. The fourth-order valence-electron chi connectivity index (χ4n) is 1.96. The van der Waals surface area contributed by atoms with Crippen molar-refractivity contribution < 1.29 is 28.6 Å². The summed E-state index contributed by atoms with van der Waals surface area (Å²) in [5.41, 5.74) is -0.654. The van der Waals surface area contributed by atoms with Crippen LogP contribution in [-0.4, -0.2) is 49.6 Å². The molecular formula is C19H36N2O6. The molecule has 0 aromatic carbocycles. The van der Waals surface area contributed by atoms with Gasteiger partial charge in [-0.1, -0.05) is 20.8 Å². The first kappa shape index (κ1) is 25.0. The Morgan fingerprint density at radius 3 is 2.22 bits per heavy atom. The molecule has 0 spiro atoms. The van der Waals surface area contributed by atoms with E-state index in [9.17, 15) is 14.4 Å². The SMILES string of the molecule is CCCOC(=O)NCCCC[C@H](NC(=O)OC(C)(C)C)C(=O)OCC(C)C. The predicted molar refractivity (Wildman–Crippen MR) is 102 cm³/mol. The predicted octanol–water partition coefficient (Wildman–Crippen LogP) is 3.39. The normalized spacial score (nSPS) is 12.3. The highest BCUT2D eigenvalue weighted by molar-refractivity contribution is 5.81. The minimum atomic E-state index is -0.786. The van der Waals surface area contributed by atoms with Crippen LogP contribution < -0.4 is 10.6 Å². The average molecular weight is 389 g/mol. The summed E-state index contributed by atoms with van der Waals surface area (Å²) in [7, 11) is 0. The van der Waals surface area contributed by atoms with Crippen molar-refractivity contribution in [1.82, 2.24) is 10.6 Å². The van der Waals surface area contributed by atoms with Crippen LogP contribution in [0.2, 0.25) is 0 Å². The highest BCUT2D eigenvalue weighted by Crippen LogP contribution is 2.09. The van der Waals surface area contributed by atoms with E-state index in [0.717, 1.165) is 6.42 Å². The van der Waals surface area contributed by atoms with Gasteiger partial charge in [-0.05, 0) is 52.4 Å². The Kier molecular flexibility index (Phi) is 12.2. The lowest BCUT2D eigenvalue weighted by Gasteiger charge is -2.23. The number of alkyl carbamates (subject to hydrolysis) is 2. The second-order valence-corrected chi connectivity index (χ2v) is 7.78. The minimum absolute atomic E-state index is 0.203. The van der Waals surface area contributed by atoms with Crippen molar-refractivity contribution in [2.75, 3.05) is 19.8 Å². The summed E-state index contributed by atoms with van der Waals surface area (Å²) in [6, 6.07) is -0.786. The molecule has 2 N–H and O–H groups in total. The van der Waals surface area contributed by atoms with Gasteiger partial charge in [-0.15, -0.1) is 0 Å². The van der Waals surface area contributed by atoms with Gasteiger partial charge in [0.25, 0.3) is 0 Å². The Balaban J connectivity index is 4.42. The number of hydrogen-bond acceptors (Lipinski definition) is 6. The molecule has 0 aliphatic rings. The van der Waals surface area contributed by atoms with Crippen molar-refractivity contribution >= 4 is 18.2 Å². The molecule has 0 bridgehead atoms. The van der Waals surface area contributed by atoms with Gasteiger partial charge in [0.1, 0.15) is 11.6 Å². The molecule has 0 saturated carbocycles. The Bertz CT molecular complexity index is 460. The van der Waals surface area contributed by atoms with Crippen LogP contribution in [0.15, 0.2) is 0 Å². The topological polar surface area (TPSA) is 103 Å². The first-order valence-electron chi connectivity index (χ1n) is 9.62. The van der Waals surface area contributed by atoms with Crippen molar-refractivity contribution in [2.45, 2.75) is 78.9 Å². The molecular weight excluding hydrogens is 352 g/mol. The summed E-state index contributed by atoms with van der Waals surface area (Å²) in [4.78, 5) is 35.6. The van der Waals surface area contributed by atoms with Crippen LogP contribution in [0.5, 0.6) is 0 Å². The molecule has 0 unspecified atom stereocenters. The van der Waals surface area contributed by atoms with Crippen LogP contribution in [0.25, 0.3) is 0 Å². The molecule has 0 aliphatic carbocycles. The van der Waals surface area contributed by atoms with Crippen molar-refractivity contribution in [1.29, 1.82) is 0 Å². The summed E-state index contributed by atoms with van der Waals surface area (Å²) in [6.45, 7) is 12.2. The quantitative estimate of drug-likeness (QED) is 0.319. The Morgan fingerprint density at radius 2 is 1.67 bits per heavy atom. The largest absolute Gasteiger partial charge is 0.464 e. The summed E-state index contributed by atoms with van der Waals surface area (Å²) >= 11 is 0. The number of nitrogens with one attached hydrogen (secondary N) is 2. The second-order valence-electron chi connectivity index (χ2n) is 7.78. The molecule has 0 radical (unpaired) electrons. The third-order valence-electron chi connectivity index (χ3n) is 3.16. The molecule has 0 rings (SSSR count). The minimum Gasteiger partial charge on any atom is -0.464 e. The van der Waals surface area contributed by atoms with Gasteiger partial charge >= 0.3 is 18.2 Å². The van der Waals surface area contributed by atoms with E-state index in [1.807, 2.05) is 20.8 Å². The molecule has 27 heavy (non-hydrogen) atoms. The zero-order chi connectivity index (χ0) is 20.9. The smallest absolute Gasteiger partial charge is 0.408 e. The zero-order valence-corrected chi connectivity index (χ0v) is 17.6. The van der Waals surface area contributed by atoms with Crippen LogP contribution in [0.1, 0.15) is 67.2 Å². The first-order chi connectivity index (χ1) is 12.5. The van der Waals surface area contributed by atoms with Gasteiger partial charge in [-0.25, -0.2) is 14.4 Å². The van der Waals surface area contributed by atoms with E-state index < -0.39 is 29.8 Å². The van der Waals surface area contributed by atoms with Gasteiger partial charge in [0.05, 0.1) is 13.2 Å². The van der Waals surface area contributed by atoms with E-state index in [1.54, 1.807) is 20.8 Å². The average Bonchev–Trinajstić information content (AvgIpc) is 2.54. The van der Waals surface area contributed by atoms with Crippen LogP contribution >= 0.6 is 0 Å². The van der Waals surface area contributed by atoms with E-state index >= 15 is 0 Å². The summed E-state index contributed by atoms with van der Waals surface area (Å²) in [5, 5.41) is 5.22. The van der Waals surface area contributed by atoms with Gasteiger partial charge in [-0.3, -0.25) is 0 Å². The number of amides is 2. The van der Waals surface area contributed by atoms with E-state index in [4.69, 9.17) is 14.2 Å². The monoisotopic (exact) mass is 388 g/mol. The number of hydrogen-bond donors (Lipinski definition) is 2. The number of esters is 1. The Labute approximate surface area is 162 Å². The molecule has 0 heterocycles. The van der Waals surface area contributed by atoms with Gasteiger partial charge in [0.15, 0.2) is 0 Å². The van der Waals surface area contributed by atoms with Crippen molar-refractivity contribution in [3.8, 4) is 0 Å². The van der Waals surface area contributed by atoms with Gasteiger partial charge in [-0.2, -0.15) is 0 Å². The molecule has 8 nitrogen and oxygen atoms in total. The molecule has 8 heteroatoms. The van der Waals surface area contributed by atoms with E-state index in [-0.39, 0.29) is 12.5 Å². The van der Waals surface area contributed by atoms with Gasteiger partial charge in [0.2, 0.25) is 0 Å². The van der Waals surface area contributed by atoms with Gasteiger partial charge < -0.3 is 24.8 Å². The second kappa shape index (κ2) is 13.2. The maximum Gasteiger partial charge on any atom is 0.408 e. The molecule has 0 aliphatic heterocycles. The maximum absolute atomic E-state index is 12.3. The van der Waals surface area contributed by atoms with Crippen LogP contribution in [0.3, 0.4) is 0 Å². The fourth-order valence-corrected chi connectivity index (χ4v) is 1.96. The van der Waals surface area contributed by atoms with Crippen LogP contribution in [0.4, 0.5) is 9.59 Å². The molecule has 0 aromatic heterocycles. The zero-order valence-electron chi connectivity index (χ0n) is 17.6. The first-order valence-corrected chi connectivity index (χ1v) is 9.62. The van der Waals surface area contributed by atoms with Crippen molar-refractivity contribution in [3.05, 3.63) is 0 Å². The fraction of sp³-hybridized carbons (Fsp3) is 0.842. The molecule has 1 atom stereocenters. The van der Waals surface area contributed by atoms with E-state index in [2.05, 4.69) is 10.6 Å². The Morgan fingerprint density at radius 1 is 1.00 bits per heavy atom. The molecule has 0 fully saturated rings. The highest BCUT2D eigenvalue weighted by atomic mass is 16.6. The van der Waals surface area contributed by atoms with Crippen LogP contribution in [0, 0.1) is 5.92 Å². The molecule has 158 valence electrons. The standard InChI is InChI=1S/C19H36N2O6/c1-7-12-25-17(23)20-11-9-8-10-15(16(22)26-13-14(2)3)21-18(24)27-19(4,5)6/h14-15H,7-13H2,1-6H3,(H,20,23)(H,21,24)/t15-/m0/s1. The van der Waals surface area contributed by atoms with Gasteiger partial charge in [0, 0.05) is 6.54 Å². The van der Waals surface area contributed by atoms with Crippen LogP contribution in [-0.2, 0) is 19.0 Å². The number of rotatable bonds is 11. The number of unbranched alkanes of at least 4 members (excludes halogenated alkanes) is 1. The lowest BCUT2D eigenvalue weighted by molar-refractivity contribution is -0.147. The molecule has 2 amide bonds. The molecule has 0 saturated heterocycles. The third-order valence-corrected chi connectivity index (χ3v) is 3.16. The van der Waals surface area contributed by atoms with Crippen molar-refractivity contribution in [3.63, 3.8) is 0 Å². The summed E-state index contributed by atoms with van der Waals surface area (Å²) in [6.07, 6.45) is 1.31. The highest BCUT2D eigenvalue weighted by Gasteiger charge is 2.25. The Hall–Kier alpha value is -1.99. The summed E-state index contributed by atoms with van der Waals surface area (Å²) in [5.74, 6) is -0.278. The number of ether oxygens (including phenoxy) is 3. The number of carbonyl (C=O) groups is 3. The lowest BCUT2D eigenvalue weighted by Crippen LogP contribution is -2.44. The van der Waals surface area contributed by atoms with Crippen molar-refractivity contribution in [2.24, 2.45) is 5.92 Å². The number of carbonyl (C=O) groups excluding carboxylic acids is 3.